The Morgan fingerprint density at radius 1 is 1.26 bits per heavy atom. The standard InChI is InChI=1S/C30H40N2S.CH5N/c1-7-12-26(29(4,5)6)16-15-24(3)33-32-18-17-27-19-28(31)23(2)20-30(27,22-32)21-25-13-10-8-9-11-14-25;1-2/h7-10,12-16,19,31H,2,11,17-18,20-22H2,1,3-6H3;2H2,1H3/b12-7-,24-15+,26-16+,31-28?;. The molecule has 0 amide bonds. The SMILES string of the molecule is C=C1CC2(CC3=CCC=CC=C3)CN(S/C(C)=C/C=C(\C=C/C)C(C)(C)C)CCC2=CC1=N.CN. The topological polar surface area (TPSA) is 53.1 Å². The second-order valence-electron chi connectivity index (χ2n) is 10.5. The smallest absolute Gasteiger partial charge is 0.0566 e. The molecule has 3 N–H and O–H groups in total. The van der Waals surface area contributed by atoms with Gasteiger partial charge in [0.2, 0.25) is 0 Å². The van der Waals surface area contributed by atoms with Crippen molar-refractivity contribution in [1.29, 1.82) is 5.41 Å². The fourth-order valence-electron chi connectivity index (χ4n) is 4.83. The van der Waals surface area contributed by atoms with Crippen LogP contribution in [-0.2, 0) is 0 Å². The van der Waals surface area contributed by atoms with Crippen molar-refractivity contribution in [3.8, 4) is 0 Å². The highest BCUT2D eigenvalue weighted by Crippen LogP contribution is 2.49. The molecular weight excluding hydrogens is 446 g/mol. The van der Waals surface area contributed by atoms with Crippen LogP contribution < -0.4 is 5.73 Å². The summed E-state index contributed by atoms with van der Waals surface area (Å²) in [6, 6.07) is 0. The molecule has 0 spiro atoms. The zero-order valence-corrected chi connectivity index (χ0v) is 23.5. The Morgan fingerprint density at radius 2 is 2.00 bits per heavy atom. The monoisotopic (exact) mass is 491 g/mol. The largest absolute Gasteiger partial charge is 0.333 e. The third kappa shape index (κ3) is 8.20. The van der Waals surface area contributed by atoms with Gasteiger partial charge in [-0.1, -0.05) is 93.2 Å². The normalized spacial score (nSPS) is 24.0. The molecule has 1 atom stereocenters. The van der Waals surface area contributed by atoms with E-state index in [1.807, 2.05) is 11.9 Å². The van der Waals surface area contributed by atoms with Crippen LogP contribution in [0.2, 0.25) is 0 Å². The number of piperidine rings is 1. The Balaban J connectivity index is 0.00000210. The zero-order valence-electron chi connectivity index (χ0n) is 22.7. The van der Waals surface area contributed by atoms with Gasteiger partial charge in [-0.3, -0.25) is 0 Å². The summed E-state index contributed by atoms with van der Waals surface area (Å²) in [6.45, 7) is 17.3. The van der Waals surface area contributed by atoms with Crippen molar-refractivity contribution in [3.05, 3.63) is 94.5 Å². The number of hydrogen-bond acceptors (Lipinski definition) is 4. The highest BCUT2D eigenvalue weighted by molar-refractivity contribution is 8.00. The maximum atomic E-state index is 8.35. The van der Waals surface area contributed by atoms with E-state index in [0.717, 1.165) is 44.3 Å². The van der Waals surface area contributed by atoms with Crippen LogP contribution in [0.15, 0.2) is 94.5 Å². The Bertz CT molecular complexity index is 995. The van der Waals surface area contributed by atoms with Gasteiger partial charge < -0.3 is 11.1 Å². The molecule has 0 aromatic rings. The Morgan fingerprint density at radius 3 is 2.69 bits per heavy atom. The molecule has 190 valence electrons. The van der Waals surface area contributed by atoms with Gasteiger partial charge in [-0.15, -0.1) is 0 Å². The highest BCUT2D eigenvalue weighted by atomic mass is 32.2. The molecule has 1 unspecified atom stereocenters. The summed E-state index contributed by atoms with van der Waals surface area (Å²) < 4.78 is 2.53. The van der Waals surface area contributed by atoms with E-state index in [2.05, 4.69) is 112 Å². The van der Waals surface area contributed by atoms with Gasteiger partial charge in [0.05, 0.1) is 5.71 Å². The highest BCUT2D eigenvalue weighted by Gasteiger charge is 2.43. The van der Waals surface area contributed by atoms with Gasteiger partial charge in [0.25, 0.3) is 0 Å². The maximum absolute atomic E-state index is 8.35. The van der Waals surface area contributed by atoms with Gasteiger partial charge in [-0.25, -0.2) is 4.31 Å². The number of nitrogens with zero attached hydrogens (tertiary/aromatic N) is 1. The zero-order chi connectivity index (χ0) is 26.1. The molecule has 1 saturated heterocycles. The molecule has 4 heteroatoms. The van der Waals surface area contributed by atoms with Crippen molar-refractivity contribution in [2.75, 3.05) is 20.1 Å². The molecule has 0 saturated carbocycles. The first-order valence-corrected chi connectivity index (χ1v) is 13.4. The van der Waals surface area contributed by atoms with Crippen LogP contribution in [0, 0.1) is 16.2 Å². The van der Waals surface area contributed by atoms with Crippen LogP contribution in [-0.4, -0.2) is 30.2 Å². The molecule has 1 aliphatic heterocycles. The summed E-state index contributed by atoms with van der Waals surface area (Å²) >= 11 is 1.88. The summed E-state index contributed by atoms with van der Waals surface area (Å²) in [6.07, 6.45) is 26.0. The molecule has 2 aliphatic carbocycles. The summed E-state index contributed by atoms with van der Waals surface area (Å²) in [5, 5.41) is 8.35. The van der Waals surface area contributed by atoms with Gasteiger partial charge >= 0.3 is 0 Å². The van der Waals surface area contributed by atoms with E-state index in [1.165, 1.54) is 28.7 Å². The molecule has 1 heterocycles. The minimum atomic E-state index is 0.0328. The molecule has 0 radical (unpaired) electrons. The summed E-state index contributed by atoms with van der Waals surface area (Å²) in [7, 11) is 1.50. The fourth-order valence-corrected chi connectivity index (χ4v) is 5.87. The van der Waals surface area contributed by atoms with Crippen molar-refractivity contribution < 1.29 is 0 Å². The maximum Gasteiger partial charge on any atom is 0.0566 e. The number of allylic oxidation sites excluding steroid dienone is 14. The van der Waals surface area contributed by atoms with Crippen molar-refractivity contribution in [2.45, 2.75) is 60.3 Å². The van der Waals surface area contributed by atoms with E-state index < -0.39 is 0 Å². The van der Waals surface area contributed by atoms with E-state index in [0.29, 0.717) is 5.71 Å². The lowest BCUT2D eigenvalue weighted by atomic mass is 9.64. The summed E-state index contributed by atoms with van der Waals surface area (Å²) in [4.78, 5) is 1.31. The first kappa shape index (κ1) is 29.1. The molecule has 3 rings (SSSR count). The summed E-state index contributed by atoms with van der Waals surface area (Å²) in [5.74, 6) is 0. The van der Waals surface area contributed by atoms with Gasteiger partial charge in [-0.05, 0) is 86.1 Å². The number of nitrogens with one attached hydrogen (secondary N) is 1. The van der Waals surface area contributed by atoms with E-state index >= 15 is 0 Å². The minimum absolute atomic E-state index is 0.0328. The van der Waals surface area contributed by atoms with E-state index in [1.54, 1.807) is 0 Å². The third-order valence-electron chi connectivity index (χ3n) is 6.64. The van der Waals surface area contributed by atoms with E-state index in [4.69, 9.17) is 5.41 Å². The first-order chi connectivity index (χ1) is 16.6. The van der Waals surface area contributed by atoms with Crippen LogP contribution in [0.5, 0.6) is 0 Å². The predicted molar refractivity (Wildman–Crippen MR) is 158 cm³/mol. The van der Waals surface area contributed by atoms with Gasteiger partial charge in [0.1, 0.15) is 0 Å². The minimum Gasteiger partial charge on any atom is -0.333 e. The van der Waals surface area contributed by atoms with Crippen LogP contribution in [0.1, 0.15) is 60.3 Å². The second-order valence-corrected chi connectivity index (χ2v) is 11.8. The number of fused-ring (bicyclic) bond motifs is 1. The molecule has 3 aliphatic rings. The summed E-state index contributed by atoms with van der Waals surface area (Å²) in [5.41, 5.74) is 10.4. The van der Waals surface area contributed by atoms with Gasteiger partial charge in [-0.2, -0.15) is 0 Å². The lowest BCUT2D eigenvalue weighted by Gasteiger charge is -2.47. The average Bonchev–Trinajstić information content (AvgIpc) is 3.07. The van der Waals surface area contributed by atoms with Crippen molar-refractivity contribution in [1.82, 2.24) is 4.31 Å². The number of hydrogen-bond donors (Lipinski definition) is 2. The fraction of sp³-hybridized carbons (Fsp3) is 0.452. The molecule has 3 nitrogen and oxygen atoms in total. The van der Waals surface area contributed by atoms with Crippen molar-refractivity contribution >= 4 is 17.7 Å². The quantitative estimate of drug-likeness (QED) is 0.291. The predicted octanol–water partition coefficient (Wildman–Crippen LogP) is 8.09. The molecular formula is C31H45N3S. The van der Waals surface area contributed by atoms with Crippen LogP contribution in [0.3, 0.4) is 0 Å². The molecule has 1 fully saturated rings. The Hall–Kier alpha value is -2.14. The number of nitrogens with two attached hydrogens (primary N) is 1. The Kier molecular flexibility index (Phi) is 11.0. The first-order valence-electron chi connectivity index (χ1n) is 12.7. The van der Waals surface area contributed by atoms with Crippen molar-refractivity contribution in [2.24, 2.45) is 16.6 Å². The number of rotatable bonds is 6. The molecule has 0 aromatic carbocycles. The van der Waals surface area contributed by atoms with Crippen LogP contribution in [0.4, 0.5) is 0 Å². The lowest BCUT2D eigenvalue weighted by Crippen LogP contribution is -2.44. The van der Waals surface area contributed by atoms with Gasteiger partial charge in [0, 0.05) is 18.5 Å². The second kappa shape index (κ2) is 13.2. The third-order valence-corrected chi connectivity index (χ3v) is 7.64. The molecule has 35 heavy (non-hydrogen) atoms. The van der Waals surface area contributed by atoms with Crippen LogP contribution >= 0.6 is 11.9 Å². The van der Waals surface area contributed by atoms with Crippen LogP contribution in [0.25, 0.3) is 0 Å². The molecule has 0 bridgehead atoms. The van der Waals surface area contributed by atoms with E-state index in [9.17, 15) is 0 Å². The average molecular weight is 492 g/mol. The Labute approximate surface area is 218 Å². The van der Waals surface area contributed by atoms with Crippen molar-refractivity contribution in [3.63, 3.8) is 0 Å². The lowest BCUT2D eigenvalue weighted by molar-refractivity contribution is 0.223. The van der Waals surface area contributed by atoms with Gasteiger partial charge in [0.15, 0.2) is 0 Å². The van der Waals surface area contributed by atoms with E-state index in [-0.39, 0.29) is 10.8 Å². The molecule has 0 aromatic heterocycles.